The highest BCUT2D eigenvalue weighted by atomic mass is 35.5. The van der Waals surface area contributed by atoms with E-state index in [0.717, 1.165) is 22.0 Å². The van der Waals surface area contributed by atoms with Crippen LogP contribution in [0.15, 0.2) is 91.0 Å². The molecule has 4 aromatic carbocycles. The molecule has 0 atom stereocenters. The zero-order valence-corrected chi connectivity index (χ0v) is 17.6. The van der Waals surface area contributed by atoms with Gasteiger partial charge in [-0.25, -0.2) is 0 Å². The number of hydrogen-bond donors (Lipinski definition) is 0. The number of halogens is 2. The van der Waals surface area contributed by atoms with Crippen molar-refractivity contribution >= 4 is 45.6 Å². The largest absolute Gasteiger partial charge is 0.484 e. The van der Waals surface area contributed by atoms with E-state index in [1.807, 2.05) is 78.9 Å². The molecule has 0 fully saturated rings. The lowest BCUT2D eigenvalue weighted by Gasteiger charge is -2.24. The first-order chi connectivity index (χ1) is 14.6. The van der Waals surface area contributed by atoms with Crippen LogP contribution in [0.2, 0.25) is 10.0 Å². The minimum absolute atomic E-state index is 0.0813. The average Bonchev–Trinajstić information content (AvgIpc) is 2.77. The Hall–Kier alpha value is -3.01. The first kappa shape index (κ1) is 20.3. The molecule has 0 saturated carbocycles. The summed E-state index contributed by atoms with van der Waals surface area (Å²) in [5.41, 5.74) is 1.59. The topological polar surface area (TPSA) is 29.5 Å². The Kier molecular flexibility index (Phi) is 6.22. The molecule has 5 heteroatoms. The third-order valence-corrected chi connectivity index (χ3v) is 5.38. The molecule has 4 aromatic rings. The van der Waals surface area contributed by atoms with Crippen LogP contribution in [0.5, 0.6) is 5.75 Å². The average molecular weight is 436 g/mol. The second-order valence-electron chi connectivity index (χ2n) is 6.85. The number of anilines is 1. The summed E-state index contributed by atoms with van der Waals surface area (Å²) in [6.07, 6.45) is 0. The van der Waals surface area contributed by atoms with Crippen LogP contribution in [0.4, 0.5) is 5.69 Å². The van der Waals surface area contributed by atoms with Crippen molar-refractivity contribution in [1.29, 1.82) is 0 Å². The molecule has 0 bridgehead atoms. The van der Waals surface area contributed by atoms with E-state index < -0.39 is 0 Å². The van der Waals surface area contributed by atoms with Gasteiger partial charge in [-0.2, -0.15) is 0 Å². The van der Waals surface area contributed by atoms with E-state index in [1.165, 1.54) is 0 Å². The van der Waals surface area contributed by atoms with Crippen molar-refractivity contribution in [2.45, 2.75) is 6.54 Å². The van der Waals surface area contributed by atoms with Crippen molar-refractivity contribution in [3.8, 4) is 5.75 Å². The Morgan fingerprint density at radius 2 is 1.53 bits per heavy atom. The fourth-order valence-electron chi connectivity index (χ4n) is 3.23. The van der Waals surface area contributed by atoms with Crippen LogP contribution in [0.1, 0.15) is 5.56 Å². The summed E-state index contributed by atoms with van der Waals surface area (Å²) in [6, 6.07) is 28.6. The normalized spacial score (nSPS) is 10.7. The number of carbonyl (C=O) groups excluding carboxylic acids is 1. The second-order valence-corrected chi connectivity index (χ2v) is 7.69. The molecule has 30 heavy (non-hydrogen) atoms. The lowest BCUT2D eigenvalue weighted by Crippen LogP contribution is -2.34. The van der Waals surface area contributed by atoms with Gasteiger partial charge in [-0.05, 0) is 52.7 Å². The maximum Gasteiger partial charge on any atom is 0.265 e. The maximum atomic E-state index is 13.2. The van der Waals surface area contributed by atoms with Crippen LogP contribution < -0.4 is 9.64 Å². The van der Waals surface area contributed by atoms with Crippen LogP contribution in [0.25, 0.3) is 10.8 Å². The molecule has 4 rings (SSSR count). The molecule has 1 amide bonds. The minimum atomic E-state index is -0.167. The fourth-order valence-corrected chi connectivity index (χ4v) is 3.70. The maximum absolute atomic E-state index is 13.2. The van der Waals surface area contributed by atoms with E-state index in [9.17, 15) is 4.79 Å². The van der Waals surface area contributed by atoms with E-state index in [-0.39, 0.29) is 12.5 Å². The Balaban J connectivity index is 1.64. The number of carbonyl (C=O) groups is 1. The monoisotopic (exact) mass is 435 g/mol. The number of benzene rings is 4. The minimum Gasteiger partial charge on any atom is -0.484 e. The Bertz CT molecular complexity index is 1180. The molecule has 0 aliphatic carbocycles. The summed E-state index contributed by atoms with van der Waals surface area (Å²) in [7, 11) is 0. The highest BCUT2D eigenvalue weighted by molar-refractivity contribution is 6.35. The first-order valence-corrected chi connectivity index (χ1v) is 10.3. The van der Waals surface area contributed by atoms with Crippen molar-refractivity contribution < 1.29 is 9.53 Å². The predicted octanol–water partition coefficient (Wildman–Crippen LogP) is 6.76. The second kappa shape index (κ2) is 9.21. The molecule has 150 valence electrons. The van der Waals surface area contributed by atoms with Gasteiger partial charge in [0.05, 0.1) is 6.54 Å². The highest BCUT2D eigenvalue weighted by Crippen LogP contribution is 2.27. The van der Waals surface area contributed by atoms with Gasteiger partial charge in [-0.3, -0.25) is 4.79 Å². The number of hydrogen-bond acceptors (Lipinski definition) is 2. The Labute approximate surface area is 185 Å². The predicted molar refractivity (Wildman–Crippen MR) is 124 cm³/mol. The van der Waals surface area contributed by atoms with Crippen LogP contribution in [0.3, 0.4) is 0 Å². The number of para-hydroxylation sites is 1. The molecule has 0 aromatic heterocycles. The SMILES string of the molecule is O=C(COc1ccccc1)N(Cc1ccc(Cl)cc1Cl)c1ccc2ccccc2c1. The Morgan fingerprint density at radius 1 is 0.800 bits per heavy atom. The zero-order valence-electron chi connectivity index (χ0n) is 16.1. The molecule has 0 radical (unpaired) electrons. The van der Waals surface area contributed by atoms with E-state index in [2.05, 4.69) is 0 Å². The summed E-state index contributed by atoms with van der Waals surface area (Å²) in [6.45, 7) is 0.230. The van der Waals surface area contributed by atoms with Crippen molar-refractivity contribution in [3.05, 3.63) is 107 Å². The Morgan fingerprint density at radius 3 is 2.30 bits per heavy atom. The summed E-state index contributed by atoms with van der Waals surface area (Å²) in [5.74, 6) is 0.481. The van der Waals surface area contributed by atoms with Crippen LogP contribution in [-0.2, 0) is 11.3 Å². The molecule has 0 heterocycles. The van der Waals surface area contributed by atoms with Gasteiger partial charge in [0.2, 0.25) is 0 Å². The third-order valence-electron chi connectivity index (χ3n) is 4.79. The molecule has 0 spiro atoms. The summed E-state index contributed by atoms with van der Waals surface area (Å²) >= 11 is 12.4. The molecule has 3 nitrogen and oxygen atoms in total. The molecule has 0 N–H and O–H groups in total. The van der Waals surface area contributed by atoms with Gasteiger partial charge in [0.25, 0.3) is 5.91 Å². The summed E-state index contributed by atoms with van der Waals surface area (Å²) in [5, 5.41) is 3.24. The lowest BCUT2D eigenvalue weighted by molar-refractivity contribution is -0.120. The van der Waals surface area contributed by atoms with Gasteiger partial charge < -0.3 is 9.64 Å². The highest BCUT2D eigenvalue weighted by Gasteiger charge is 2.19. The first-order valence-electron chi connectivity index (χ1n) is 9.51. The number of ether oxygens (including phenoxy) is 1. The standard InChI is InChI=1S/C25H19Cl2NO2/c26-21-12-10-20(24(27)15-21)16-28(25(29)17-30-23-8-2-1-3-9-23)22-13-11-18-6-4-5-7-19(18)14-22/h1-15H,16-17H2. The molecule has 0 aliphatic rings. The number of nitrogens with zero attached hydrogens (tertiary/aromatic N) is 1. The molecule has 0 saturated heterocycles. The smallest absolute Gasteiger partial charge is 0.265 e. The number of amides is 1. The van der Waals surface area contributed by atoms with Gasteiger partial charge in [0.1, 0.15) is 5.75 Å². The molecule has 0 unspecified atom stereocenters. The van der Waals surface area contributed by atoms with Crippen molar-refractivity contribution in [1.82, 2.24) is 0 Å². The van der Waals surface area contributed by atoms with E-state index >= 15 is 0 Å². The fraction of sp³-hybridized carbons (Fsp3) is 0.0800. The van der Waals surface area contributed by atoms with E-state index in [1.54, 1.807) is 17.0 Å². The van der Waals surface area contributed by atoms with E-state index in [0.29, 0.717) is 22.3 Å². The number of rotatable bonds is 6. The zero-order chi connectivity index (χ0) is 20.9. The molecular weight excluding hydrogens is 417 g/mol. The van der Waals surface area contributed by atoms with Gasteiger partial charge in [-0.15, -0.1) is 0 Å². The lowest BCUT2D eigenvalue weighted by atomic mass is 10.1. The van der Waals surface area contributed by atoms with Crippen molar-refractivity contribution in [2.24, 2.45) is 0 Å². The van der Waals surface area contributed by atoms with E-state index in [4.69, 9.17) is 27.9 Å². The number of fused-ring (bicyclic) bond motifs is 1. The summed E-state index contributed by atoms with van der Waals surface area (Å²) < 4.78 is 5.70. The van der Waals surface area contributed by atoms with Gasteiger partial charge in [0.15, 0.2) is 6.61 Å². The van der Waals surface area contributed by atoms with Gasteiger partial charge in [-0.1, -0.05) is 77.8 Å². The molecular formula is C25H19Cl2NO2. The van der Waals surface area contributed by atoms with Crippen LogP contribution in [0, 0.1) is 0 Å². The third kappa shape index (κ3) is 4.76. The quantitative estimate of drug-likeness (QED) is 0.334. The van der Waals surface area contributed by atoms with Crippen LogP contribution in [-0.4, -0.2) is 12.5 Å². The van der Waals surface area contributed by atoms with Gasteiger partial charge in [0, 0.05) is 15.7 Å². The molecule has 0 aliphatic heterocycles. The van der Waals surface area contributed by atoms with Crippen molar-refractivity contribution in [3.63, 3.8) is 0 Å². The van der Waals surface area contributed by atoms with Crippen LogP contribution >= 0.6 is 23.2 Å². The van der Waals surface area contributed by atoms with Crippen molar-refractivity contribution in [2.75, 3.05) is 11.5 Å². The van der Waals surface area contributed by atoms with Gasteiger partial charge >= 0.3 is 0 Å². The summed E-state index contributed by atoms with van der Waals surface area (Å²) in [4.78, 5) is 14.9.